The molecule has 184 valence electrons. The van der Waals surface area contributed by atoms with Gasteiger partial charge in [-0.1, -0.05) is 24.3 Å². The number of amides is 1. The largest absolute Gasteiger partial charge is 0.368 e. The van der Waals surface area contributed by atoms with Crippen molar-refractivity contribution >= 4 is 21.4 Å². The molecular formula is C27H32N4O3S. The van der Waals surface area contributed by atoms with E-state index in [0.29, 0.717) is 25.2 Å². The summed E-state index contributed by atoms with van der Waals surface area (Å²) in [6.07, 6.45) is 0.519. The minimum Gasteiger partial charge on any atom is -0.368 e. The zero-order chi connectivity index (χ0) is 24.7. The molecule has 0 N–H and O–H groups in total. The van der Waals surface area contributed by atoms with E-state index in [1.54, 1.807) is 4.68 Å². The molecule has 3 heterocycles. The Hall–Kier alpha value is -3.13. The molecule has 0 aliphatic carbocycles. The van der Waals surface area contributed by atoms with Crippen molar-refractivity contribution in [3.05, 3.63) is 70.9 Å². The number of benzene rings is 2. The van der Waals surface area contributed by atoms with E-state index >= 15 is 0 Å². The van der Waals surface area contributed by atoms with E-state index in [-0.39, 0.29) is 23.5 Å². The molecule has 7 nitrogen and oxygen atoms in total. The lowest BCUT2D eigenvalue weighted by molar-refractivity contribution is 0.0739. The van der Waals surface area contributed by atoms with Crippen LogP contribution in [-0.4, -0.2) is 66.7 Å². The number of sulfone groups is 1. The van der Waals surface area contributed by atoms with Crippen LogP contribution in [-0.2, 0) is 9.84 Å². The van der Waals surface area contributed by atoms with Crippen LogP contribution in [0.3, 0.4) is 0 Å². The van der Waals surface area contributed by atoms with Gasteiger partial charge in [0, 0.05) is 37.4 Å². The number of hydrogen-bond donors (Lipinski definition) is 0. The number of carbonyl (C=O) groups is 1. The van der Waals surface area contributed by atoms with E-state index in [4.69, 9.17) is 5.10 Å². The van der Waals surface area contributed by atoms with E-state index in [2.05, 4.69) is 62.1 Å². The highest BCUT2D eigenvalue weighted by atomic mass is 32.2. The Balaban J connectivity index is 1.40. The number of nitrogens with zero attached hydrogens (tertiary/aromatic N) is 4. The summed E-state index contributed by atoms with van der Waals surface area (Å²) in [6.45, 7) is 8.97. The molecule has 0 saturated carbocycles. The first kappa shape index (κ1) is 23.6. The first-order valence-corrected chi connectivity index (χ1v) is 14.0. The minimum absolute atomic E-state index is 0.0648. The molecule has 2 aliphatic heterocycles. The van der Waals surface area contributed by atoms with Crippen LogP contribution in [0.5, 0.6) is 0 Å². The molecule has 5 rings (SSSR count). The maximum Gasteiger partial charge on any atom is 0.274 e. The molecule has 35 heavy (non-hydrogen) atoms. The van der Waals surface area contributed by atoms with Crippen LogP contribution in [0.15, 0.2) is 48.5 Å². The number of hydrogen-bond acceptors (Lipinski definition) is 5. The SMILES string of the molecule is Cc1cccc(N2CCN(C(=O)c3cc(-c4ccc(C)c(C)c4)n([C@H]4CCS(=O)(=O)C4)n3)CC2)c1. The van der Waals surface area contributed by atoms with Crippen molar-refractivity contribution in [3.63, 3.8) is 0 Å². The highest BCUT2D eigenvalue weighted by Crippen LogP contribution is 2.31. The van der Waals surface area contributed by atoms with Gasteiger partial charge >= 0.3 is 0 Å². The molecule has 1 atom stereocenters. The summed E-state index contributed by atoms with van der Waals surface area (Å²) in [7, 11) is -3.09. The average Bonchev–Trinajstić information content (AvgIpc) is 3.44. The maximum absolute atomic E-state index is 13.5. The van der Waals surface area contributed by atoms with Crippen LogP contribution in [0.4, 0.5) is 5.69 Å². The first-order chi connectivity index (χ1) is 16.7. The Kier molecular flexibility index (Phi) is 6.17. The van der Waals surface area contributed by atoms with Gasteiger partial charge in [-0.3, -0.25) is 9.48 Å². The van der Waals surface area contributed by atoms with E-state index in [1.807, 2.05) is 17.0 Å². The second-order valence-electron chi connectivity index (χ2n) is 9.83. The highest BCUT2D eigenvalue weighted by molar-refractivity contribution is 7.91. The van der Waals surface area contributed by atoms with Gasteiger partial charge in [0.2, 0.25) is 0 Å². The van der Waals surface area contributed by atoms with Crippen LogP contribution in [0, 0.1) is 20.8 Å². The van der Waals surface area contributed by atoms with Crippen molar-refractivity contribution in [2.45, 2.75) is 33.2 Å². The van der Waals surface area contributed by atoms with E-state index < -0.39 is 9.84 Å². The molecule has 2 aromatic carbocycles. The van der Waals surface area contributed by atoms with Gasteiger partial charge < -0.3 is 9.80 Å². The van der Waals surface area contributed by atoms with Gasteiger partial charge in [-0.15, -0.1) is 0 Å². The molecule has 0 spiro atoms. The zero-order valence-electron chi connectivity index (χ0n) is 20.6. The molecule has 2 aliphatic rings. The molecule has 8 heteroatoms. The summed E-state index contributed by atoms with van der Waals surface area (Å²) >= 11 is 0. The second-order valence-corrected chi connectivity index (χ2v) is 12.1. The Morgan fingerprint density at radius 3 is 2.37 bits per heavy atom. The Morgan fingerprint density at radius 1 is 0.943 bits per heavy atom. The molecule has 2 fully saturated rings. The fraction of sp³-hybridized carbons (Fsp3) is 0.407. The first-order valence-electron chi connectivity index (χ1n) is 12.2. The van der Waals surface area contributed by atoms with E-state index in [1.165, 1.54) is 16.8 Å². The highest BCUT2D eigenvalue weighted by Gasteiger charge is 2.33. The standard InChI is InChI=1S/C27H32N4O3S/c1-19-5-4-6-23(15-19)29-10-12-30(13-11-29)27(32)25-17-26(22-8-7-20(2)21(3)16-22)31(28-25)24-9-14-35(33,34)18-24/h4-8,15-17,24H,9-14,18H2,1-3H3/t24-/m0/s1. The van der Waals surface area contributed by atoms with Crippen LogP contribution < -0.4 is 4.90 Å². The fourth-order valence-corrected chi connectivity index (χ4v) is 6.71. The number of carbonyl (C=O) groups excluding carboxylic acids is 1. The van der Waals surface area contributed by atoms with E-state index in [0.717, 1.165) is 29.9 Å². The molecule has 1 aromatic heterocycles. The van der Waals surface area contributed by atoms with Crippen LogP contribution >= 0.6 is 0 Å². The van der Waals surface area contributed by atoms with Crippen LogP contribution in [0.2, 0.25) is 0 Å². The second kappa shape index (κ2) is 9.15. The van der Waals surface area contributed by atoms with E-state index in [9.17, 15) is 13.2 Å². The Labute approximate surface area is 207 Å². The summed E-state index contributed by atoms with van der Waals surface area (Å²) in [4.78, 5) is 17.6. The molecule has 1 amide bonds. The van der Waals surface area contributed by atoms with Gasteiger partial charge in [-0.25, -0.2) is 8.42 Å². The van der Waals surface area contributed by atoms with Crippen molar-refractivity contribution in [1.82, 2.24) is 14.7 Å². The summed E-state index contributed by atoms with van der Waals surface area (Å²) in [5, 5.41) is 4.70. The van der Waals surface area contributed by atoms with Gasteiger partial charge in [0.25, 0.3) is 5.91 Å². The predicted octanol–water partition coefficient (Wildman–Crippen LogP) is 3.80. The molecule has 2 saturated heterocycles. The maximum atomic E-state index is 13.5. The molecular weight excluding hydrogens is 460 g/mol. The predicted molar refractivity (Wildman–Crippen MR) is 139 cm³/mol. The zero-order valence-corrected chi connectivity index (χ0v) is 21.4. The van der Waals surface area contributed by atoms with Gasteiger partial charge in [0.05, 0.1) is 23.2 Å². The Bertz CT molecular complexity index is 1370. The van der Waals surface area contributed by atoms with Crippen molar-refractivity contribution < 1.29 is 13.2 Å². The average molecular weight is 493 g/mol. The molecule has 3 aromatic rings. The summed E-state index contributed by atoms with van der Waals surface area (Å²) < 4.78 is 26.2. The summed E-state index contributed by atoms with van der Waals surface area (Å²) in [5.41, 5.74) is 6.87. The van der Waals surface area contributed by atoms with Crippen LogP contribution in [0.25, 0.3) is 11.3 Å². The summed E-state index contributed by atoms with van der Waals surface area (Å²) in [6, 6.07) is 16.2. The monoisotopic (exact) mass is 492 g/mol. The minimum atomic E-state index is -3.09. The molecule has 0 radical (unpaired) electrons. The number of piperazine rings is 1. The van der Waals surface area contributed by atoms with Gasteiger partial charge in [0.1, 0.15) is 0 Å². The van der Waals surface area contributed by atoms with Crippen molar-refractivity contribution in [2.75, 3.05) is 42.6 Å². The lowest BCUT2D eigenvalue weighted by atomic mass is 10.0. The number of aryl methyl sites for hydroxylation is 3. The Morgan fingerprint density at radius 2 is 1.71 bits per heavy atom. The third kappa shape index (κ3) is 4.85. The quantitative estimate of drug-likeness (QED) is 0.554. The topological polar surface area (TPSA) is 75.5 Å². The summed E-state index contributed by atoms with van der Waals surface area (Å²) in [5.74, 6) is 0.127. The van der Waals surface area contributed by atoms with Crippen LogP contribution in [0.1, 0.15) is 39.6 Å². The van der Waals surface area contributed by atoms with Crippen molar-refractivity contribution in [1.29, 1.82) is 0 Å². The number of rotatable bonds is 4. The molecule has 0 bridgehead atoms. The van der Waals surface area contributed by atoms with Crippen molar-refractivity contribution in [2.24, 2.45) is 0 Å². The normalized spacial score (nSPS) is 19.8. The third-order valence-electron chi connectivity index (χ3n) is 7.25. The van der Waals surface area contributed by atoms with Gasteiger partial charge in [0.15, 0.2) is 15.5 Å². The number of anilines is 1. The van der Waals surface area contributed by atoms with Gasteiger partial charge in [-0.2, -0.15) is 5.10 Å². The smallest absolute Gasteiger partial charge is 0.274 e. The fourth-order valence-electron chi connectivity index (χ4n) is 5.02. The van der Waals surface area contributed by atoms with Crippen molar-refractivity contribution in [3.8, 4) is 11.3 Å². The lowest BCUT2D eigenvalue weighted by Crippen LogP contribution is -2.49. The lowest BCUT2D eigenvalue weighted by Gasteiger charge is -2.36. The third-order valence-corrected chi connectivity index (χ3v) is 9.00. The number of aromatic nitrogens is 2. The molecule has 0 unspecified atom stereocenters. The van der Waals surface area contributed by atoms with Gasteiger partial charge in [-0.05, 0) is 68.1 Å².